The highest BCUT2D eigenvalue weighted by atomic mass is 16.5. The quantitative estimate of drug-likeness (QED) is 0.566. The average molecular weight is 437 g/mol. The SMILES string of the molecule is Cc1cn(C2CC(COCc3ccccc3)C(OCc3ccccc3)C2O)c(=O)[nH]c1=O. The Kier molecular flexibility index (Phi) is 6.99. The Labute approximate surface area is 186 Å². The van der Waals surface area contributed by atoms with Crippen LogP contribution in [-0.2, 0) is 22.7 Å². The van der Waals surface area contributed by atoms with Gasteiger partial charge in [0.2, 0.25) is 0 Å². The van der Waals surface area contributed by atoms with Crippen molar-refractivity contribution in [2.24, 2.45) is 5.92 Å². The minimum atomic E-state index is -0.910. The number of nitrogens with zero attached hydrogens (tertiary/aromatic N) is 1. The summed E-state index contributed by atoms with van der Waals surface area (Å²) in [5, 5.41) is 11.1. The van der Waals surface area contributed by atoms with E-state index in [0.29, 0.717) is 31.8 Å². The molecule has 7 nitrogen and oxygen atoms in total. The smallest absolute Gasteiger partial charge is 0.328 e. The van der Waals surface area contributed by atoms with Crippen LogP contribution in [0.4, 0.5) is 0 Å². The van der Waals surface area contributed by atoms with Gasteiger partial charge in [-0.2, -0.15) is 0 Å². The Balaban J connectivity index is 1.51. The van der Waals surface area contributed by atoms with Crippen LogP contribution in [0.15, 0.2) is 76.4 Å². The zero-order valence-electron chi connectivity index (χ0n) is 18.0. The molecule has 1 heterocycles. The fourth-order valence-corrected chi connectivity index (χ4v) is 4.26. The summed E-state index contributed by atoms with van der Waals surface area (Å²) in [4.78, 5) is 26.5. The number of nitrogens with one attached hydrogen (secondary N) is 1. The van der Waals surface area contributed by atoms with E-state index in [1.807, 2.05) is 60.7 Å². The molecule has 32 heavy (non-hydrogen) atoms. The highest BCUT2D eigenvalue weighted by Gasteiger charge is 2.44. The van der Waals surface area contributed by atoms with E-state index in [1.165, 1.54) is 10.8 Å². The van der Waals surface area contributed by atoms with Gasteiger partial charge in [0.25, 0.3) is 5.56 Å². The molecule has 168 valence electrons. The Hall–Kier alpha value is -3.00. The van der Waals surface area contributed by atoms with Crippen LogP contribution in [-0.4, -0.2) is 33.5 Å². The van der Waals surface area contributed by atoms with E-state index < -0.39 is 29.5 Å². The maximum absolute atomic E-state index is 12.4. The lowest BCUT2D eigenvalue weighted by atomic mass is 10.1. The lowest BCUT2D eigenvalue weighted by molar-refractivity contribution is -0.0717. The van der Waals surface area contributed by atoms with Crippen molar-refractivity contribution in [3.05, 3.63) is 104 Å². The molecule has 7 heteroatoms. The van der Waals surface area contributed by atoms with E-state index in [-0.39, 0.29) is 5.92 Å². The van der Waals surface area contributed by atoms with Gasteiger partial charge < -0.3 is 14.6 Å². The van der Waals surface area contributed by atoms with Gasteiger partial charge in [-0.15, -0.1) is 0 Å². The lowest BCUT2D eigenvalue weighted by Gasteiger charge is -2.24. The zero-order chi connectivity index (χ0) is 22.5. The van der Waals surface area contributed by atoms with Crippen molar-refractivity contribution >= 4 is 0 Å². The van der Waals surface area contributed by atoms with E-state index in [9.17, 15) is 14.7 Å². The van der Waals surface area contributed by atoms with Gasteiger partial charge in [-0.3, -0.25) is 14.3 Å². The number of aliphatic hydroxyl groups excluding tert-OH is 1. The number of rotatable bonds is 8. The Morgan fingerprint density at radius 1 is 1.00 bits per heavy atom. The number of aliphatic hydroxyl groups is 1. The van der Waals surface area contributed by atoms with Gasteiger partial charge in [0.05, 0.1) is 32.0 Å². The molecule has 0 saturated heterocycles. The summed E-state index contributed by atoms with van der Waals surface area (Å²) in [6.45, 7) is 2.84. The predicted molar refractivity (Wildman–Crippen MR) is 120 cm³/mol. The second-order valence-corrected chi connectivity index (χ2v) is 8.29. The summed E-state index contributed by atoms with van der Waals surface area (Å²) in [5.74, 6) is -0.110. The summed E-state index contributed by atoms with van der Waals surface area (Å²) in [6.07, 6.45) is 0.597. The molecule has 1 aliphatic carbocycles. The minimum absolute atomic E-state index is 0.110. The van der Waals surface area contributed by atoms with Crippen LogP contribution in [0.1, 0.15) is 29.2 Å². The normalized spacial score (nSPS) is 22.8. The molecule has 4 rings (SSSR count). The third-order valence-corrected chi connectivity index (χ3v) is 5.97. The Morgan fingerprint density at radius 3 is 2.28 bits per heavy atom. The molecule has 0 radical (unpaired) electrons. The molecule has 4 atom stereocenters. The van der Waals surface area contributed by atoms with E-state index in [0.717, 1.165) is 11.1 Å². The molecule has 4 unspecified atom stereocenters. The number of aryl methyl sites for hydroxylation is 1. The van der Waals surface area contributed by atoms with Crippen LogP contribution in [0.25, 0.3) is 0 Å². The van der Waals surface area contributed by atoms with Gasteiger partial charge in [-0.25, -0.2) is 4.79 Å². The lowest BCUT2D eigenvalue weighted by Crippen LogP contribution is -2.38. The summed E-state index contributed by atoms with van der Waals surface area (Å²) in [7, 11) is 0. The third-order valence-electron chi connectivity index (χ3n) is 5.97. The molecule has 2 aromatic carbocycles. The predicted octanol–water partition coefficient (Wildman–Crippen LogP) is 2.57. The molecular weight excluding hydrogens is 408 g/mol. The molecule has 1 aromatic heterocycles. The van der Waals surface area contributed by atoms with Gasteiger partial charge in [0.15, 0.2) is 0 Å². The largest absolute Gasteiger partial charge is 0.388 e. The first-order valence-electron chi connectivity index (χ1n) is 10.8. The fourth-order valence-electron chi connectivity index (χ4n) is 4.26. The number of ether oxygens (including phenoxy) is 2. The average Bonchev–Trinajstić information content (AvgIpc) is 3.11. The second-order valence-electron chi connectivity index (χ2n) is 8.29. The van der Waals surface area contributed by atoms with Crippen molar-refractivity contribution < 1.29 is 14.6 Å². The van der Waals surface area contributed by atoms with Gasteiger partial charge >= 0.3 is 5.69 Å². The summed E-state index contributed by atoms with van der Waals surface area (Å²) < 4.78 is 13.5. The van der Waals surface area contributed by atoms with Crippen LogP contribution in [0.3, 0.4) is 0 Å². The summed E-state index contributed by atoms with van der Waals surface area (Å²) in [6, 6.07) is 19.1. The highest BCUT2D eigenvalue weighted by Crippen LogP contribution is 2.37. The van der Waals surface area contributed by atoms with E-state index in [4.69, 9.17) is 9.47 Å². The van der Waals surface area contributed by atoms with Crippen molar-refractivity contribution in [2.45, 2.75) is 44.8 Å². The fraction of sp³-hybridized carbons (Fsp3) is 0.360. The van der Waals surface area contributed by atoms with Gasteiger partial charge in [-0.05, 0) is 24.5 Å². The van der Waals surface area contributed by atoms with Crippen LogP contribution in [0, 0.1) is 12.8 Å². The Bertz CT molecular complexity index is 1130. The van der Waals surface area contributed by atoms with E-state index >= 15 is 0 Å². The number of hydrogen-bond acceptors (Lipinski definition) is 5. The Morgan fingerprint density at radius 2 is 1.62 bits per heavy atom. The molecule has 1 fully saturated rings. The first-order valence-corrected chi connectivity index (χ1v) is 10.8. The van der Waals surface area contributed by atoms with Crippen molar-refractivity contribution in [3.8, 4) is 0 Å². The number of aromatic amines is 1. The van der Waals surface area contributed by atoms with Crippen LogP contribution in [0.2, 0.25) is 0 Å². The van der Waals surface area contributed by atoms with Crippen molar-refractivity contribution in [1.29, 1.82) is 0 Å². The van der Waals surface area contributed by atoms with Gasteiger partial charge in [0.1, 0.15) is 6.10 Å². The topological polar surface area (TPSA) is 93.6 Å². The number of H-pyrrole nitrogens is 1. The molecule has 3 aromatic rings. The standard InChI is InChI=1S/C25H28N2O5/c1-17-13-27(25(30)26-24(17)29)21-12-20(16-31-14-18-8-4-2-5-9-18)23(22(21)28)32-15-19-10-6-3-7-11-19/h2-11,13,20-23,28H,12,14-16H2,1H3,(H,26,29,30). The van der Waals surface area contributed by atoms with Crippen molar-refractivity contribution in [2.75, 3.05) is 6.61 Å². The van der Waals surface area contributed by atoms with Crippen LogP contribution < -0.4 is 11.2 Å². The van der Waals surface area contributed by atoms with Gasteiger partial charge in [0, 0.05) is 17.7 Å². The number of benzene rings is 2. The molecular formula is C25H28N2O5. The molecule has 1 saturated carbocycles. The summed E-state index contributed by atoms with van der Waals surface area (Å²) >= 11 is 0. The monoisotopic (exact) mass is 436 g/mol. The molecule has 0 aliphatic heterocycles. The maximum atomic E-state index is 12.4. The maximum Gasteiger partial charge on any atom is 0.328 e. The molecule has 2 N–H and O–H groups in total. The van der Waals surface area contributed by atoms with E-state index in [2.05, 4.69) is 4.98 Å². The summed E-state index contributed by atoms with van der Waals surface area (Å²) in [5.41, 5.74) is 1.54. The third kappa shape index (κ3) is 5.07. The number of hydrogen-bond donors (Lipinski definition) is 2. The molecule has 0 bridgehead atoms. The van der Waals surface area contributed by atoms with Crippen molar-refractivity contribution in [1.82, 2.24) is 9.55 Å². The van der Waals surface area contributed by atoms with Crippen LogP contribution >= 0.6 is 0 Å². The van der Waals surface area contributed by atoms with Crippen LogP contribution in [0.5, 0.6) is 0 Å². The zero-order valence-corrected chi connectivity index (χ0v) is 18.0. The molecule has 0 spiro atoms. The highest BCUT2D eigenvalue weighted by molar-refractivity contribution is 5.14. The molecule has 1 aliphatic rings. The second kappa shape index (κ2) is 10.1. The first-order chi connectivity index (χ1) is 15.5. The number of aromatic nitrogens is 2. The first kappa shape index (κ1) is 22.2. The minimum Gasteiger partial charge on any atom is -0.388 e. The van der Waals surface area contributed by atoms with Crippen molar-refractivity contribution in [3.63, 3.8) is 0 Å². The van der Waals surface area contributed by atoms with Gasteiger partial charge in [-0.1, -0.05) is 60.7 Å². The molecule has 0 amide bonds. The van der Waals surface area contributed by atoms with E-state index in [1.54, 1.807) is 6.92 Å².